The predicted octanol–water partition coefficient (Wildman–Crippen LogP) is 1.80. The number of carbonyl (C=O) groups excluding carboxylic acids is 1. The molecule has 0 aromatic heterocycles. The molecule has 5 nitrogen and oxygen atoms in total. The molecule has 1 fully saturated rings. The highest BCUT2D eigenvalue weighted by atomic mass is 35.5. The lowest BCUT2D eigenvalue weighted by Crippen LogP contribution is -2.50. The van der Waals surface area contributed by atoms with E-state index in [9.17, 15) is 14.4 Å². The number of likely N-dealkylation sites (N-methyl/N-ethyl adjacent to an activating group) is 1. The molecular formula is C16H20ClFN4O. The number of nitrogens with one attached hydrogen (secondary N) is 1. The molecule has 7 heteroatoms. The van der Waals surface area contributed by atoms with Crippen LogP contribution in [-0.2, 0) is 4.79 Å². The number of amides is 1. The fourth-order valence-corrected chi connectivity index (χ4v) is 3.00. The maximum Gasteiger partial charge on any atom is 0.234 e. The first-order valence-electron chi connectivity index (χ1n) is 7.63. The summed E-state index contributed by atoms with van der Waals surface area (Å²) in [6, 6.07) is 5.87. The second-order valence-electron chi connectivity index (χ2n) is 5.43. The van der Waals surface area contributed by atoms with Crippen molar-refractivity contribution in [1.82, 2.24) is 15.1 Å². The zero-order valence-electron chi connectivity index (χ0n) is 13.1. The van der Waals surface area contributed by atoms with Crippen LogP contribution >= 0.6 is 11.6 Å². The minimum absolute atomic E-state index is 0.00469. The predicted molar refractivity (Wildman–Crippen MR) is 86.5 cm³/mol. The molecule has 0 bridgehead atoms. The Kier molecular flexibility index (Phi) is 6.34. The summed E-state index contributed by atoms with van der Waals surface area (Å²) in [5.41, 5.74) is 0.230. The van der Waals surface area contributed by atoms with Gasteiger partial charge in [-0.1, -0.05) is 17.7 Å². The van der Waals surface area contributed by atoms with Crippen LogP contribution in [0.15, 0.2) is 18.2 Å². The Hall–Kier alpha value is -1.68. The van der Waals surface area contributed by atoms with Crippen molar-refractivity contribution in [3.05, 3.63) is 34.6 Å². The molecule has 0 saturated carbocycles. The van der Waals surface area contributed by atoms with Crippen LogP contribution in [0.5, 0.6) is 0 Å². The van der Waals surface area contributed by atoms with Crippen molar-refractivity contribution < 1.29 is 9.18 Å². The van der Waals surface area contributed by atoms with Crippen molar-refractivity contribution in [1.29, 1.82) is 5.26 Å². The molecule has 0 radical (unpaired) electrons. The van der Waals surface area contributed by atoms with E-state index in [-0.39, 0.29) is 16.5 Å². The second-order valence-corrected chi connectivity index (χ2v) is 5.84. The highest BCUT2D eigenvalue weighted by Crippen LogP contribution is 2.30. The number of hydrogen-bond donors (Lipinski definition) is 1. The van der Waals surface area contributed by atoms with Gasteiger partial charge in [-0.3, -0.25) is 14.6 Å². The molecule has 2 rings (SSSR count). The summed E-state index contributed by atoms with van der Waals surface area (Å²) in [7, 11) is 0. The van der Waals surface area contributed by atoms with Crippen molar-refractivity contribution >= 4 is 17.5 Å². The third-order valence-corrected chi connectivity index (χ3v) is 4.24. The molecule has 1 N–H and O–H groups in total. The zero-order chi connectivity index (χ0) is 16.8. The topological polar surface area (TPSA) is 59.4 Å². The normalized spacial score (nSPS) is 17.5. The molecule has 1 aromatic carbocycles. The van der Waals surface area contributed by atoms with Gasteiger partial charge in [0.25, 0.3) is 0 Å². The van der Waals surface area contributed by atoms with Crippen LogP contribution in [0.2, 0.25) is 5.02 Å². The molecule has 0 spiro atoms. The third kappa shape index (κ3) is 4.41. The monoisotopic (exact) mass is 338 g/mol. The lowest BCUT2D eigenvalue weighted by molar-refractivity contribution is -0.122. The molecule has 0 aliphatic carbocycles. The van der Waals surface area contributed by atoms with Crippen molar-refractivity contribution in [3.63, 3.8) is 0 Å². The van der Waals surface area contributed by atoms with Crippen LogP contribution in [0.25, 0.3) is 0 Å². The highest BCUT2D eigenvalue weighted by molar-refractivity contribution is 6.31. The van der Waals surface area contributed by atoms with E-state index in [1.54, 1.807) is 6.07 Å². The second kappa shape index (κ2) is 8.25. The molecule has 1 saturated heterocycles. The average Bonchev–Trinajstić information content (AvgIpc) is 2.52. The van der Waals surface area contributed by atoms with E-state index >= 15 is 0 Å². The SMILES string of the molecule is CCNC(=O)CN1CCN([C@@H](C#N)c2c(F)cccc2Cl)CC1. The van der Waals surface area contributed by atoms with Gasteiger partial charge in [0.05, 0.1) is 12.6 Å². The summed E-state index contributed by atoms with van der Waals surface area (Å²) in [4.78, 5) is 15.5. The number of piperazine rings is 1. The summed E-state index contributed by atoms with van der Waals surface area (Å²) in [5.74, 6) is -0.469. The lowest BCUT2D eigenvalue weighted by atomic mass is 10.0. The van der Waals surface area contributed by atoms with Gasteiger partial charge in [-0.05, 0) is 19.1 Å². The number of benzene rings is 1. The first-order valence-corrected chi connectivity index (χ1v) is 8.01. The maximum absolute atomic E-state index is 14.1. The minimum Gasteiger partial charge on any atom is -0.355 e. The van der Waals surface area contributed by atoms with Crippen molar-refractivity contribution in [2.24, 2.45) is 0 Å². The van der Waals surface area contributed by atoms with E-state index in [0.29, 0.717) is 39.3 Å². The van der Waals surface area contributed by atoms with Gasteiger partial charge in [-0.2, -0.15) is 5.26 Å². The van der Waals surface area contributed by atoms with Crippen LogP contribution in [0, 0.1) is 17.1 Å². The van der Waals surface area contributed by atoms with Gasteiger partial charge in [-0.15, -0.1) is 0 Å². The molecule has 1 aromatic rings. The molecule has 1 aliphatic heterocycles. The fourth-order valence-electron chi connectivity index (χ4n) is 2.74. The summed E-state index contributed by atoms with van der Waals surface area (Å²) in [6.45, 7) is 5.32. The van der Waals surface area contributed by atoms with E-state index in [1.165, 1.54) is 12.1 Å². The van der Waals surface area contributed by atoms with Gasteiger partial charge in [0.1, 0.15) is 11.9 Å². The van der Waals surface area contributed by atoms with E-state index < -0.39 is 11.9 Å². The number of halogens is 2. The van der Waals surface area contributed by atoms with Crippen molar-refractivity contribution in [2.45, 2.75) is 13.0 Å². The van der Waals surface area contributed by atoms with Crippen molar-refractivity contribution in [3.8, 4) is 6.07 Å². The summed E-state index contributed by atoms with van der Waals surface area (Å²) >= 11 is 6.07. The summed E-state index contributed by atoms with van der Waals surface area (Å²) in [5, 5.41) is 12.5. The molecule has 124 valence electrons. The summed E-state index contributed by atoms with van der Waals surface area (Å²) in [6.07, 6.45) is 0. The zero-order valence-corrected chi connectivity index (χ0v) is 13.8. The Morgan fingerprint density at radius 2 is 2.13 bits per heavy atom. The standard InChI is InChI=1S/C16H20ClFN4O/c1-2-20-15(23)11-21-6-8-22(9-7-21)14(10-19)16-12(17)4-3-5-13(16)18/h3-5,14H,2,6-9,11H2,1H3,(H,20,23)/t14-/m0/s1. The van der Waals surface area contributed by atoms with Gasteiger partial charge < -0.3 is 5.32 Å². The molecular weight excluding hydrogens is 319 g/mol. The first kappa shape index (κ1) is 17.7. The molecule has 1 heterocycles. The number of rotatable bonds is 5. The molecule has 23 heavy (non-hydrogen) atoms. The Labute approximate surface area is 140 Å². The minimum atomic E-state index is -0.713. The largest absolute Gasteiger partial charge is 0.355 e. The quantitative estimate of drug-likeness (QED) is 0.889. The Morgan fingerprint density at radius 3 is 2.70 bits per heavy atom. The third-order valence-electron chi connectivity index (χ3n) is 3.91. The number of nitrogens with zero attached hydrogens (tertiary/aromatic N) is 3. The molecule has 0 unspecified atom stereocenters. The van der Waals surface area contributed by atoms with Gasteiger partial charge >= 0.3 is 0 Å². The van der Waals surface area contributed by atoms with Gasteiger partial charge in [0.2, 0.25) is 5.91 Å². The first-order chi connectivity index (χ1) is 11.1. The Bertz CT molecular complexity index is 576. The van der Waals surface area contributed by atoms with E-state index in [2.05, 4.69) is 11.4 Å². The highest BCUT2D eigenvalue weighted by Gasteiger charge is 2.28. The smallest absolute Gasteiger partial charge is 0.234 e. The van der Waals surface area contributed by atoms with E-state index in [1.807, 2.05) is 16.7 Å². The van der Waals surface area contributed by atoms with Crippen LogP contribution in [-0.4, -0.2) is 55.0 Å². The average molecular weight is 339 g/mol. The van der Waals surface area contributed by atoms with E-state index in [0.717, 1.165) is 0 Å². The van der Waals surface area contributed by atoms with E-state index in [4.69, 9.17) is 11.6 Å². The number of carbonyl (C=O) groups is 1. The Balaban J connectivity index is 2.01. The van der Waals surface area contributed by atoms with Crippen LogP contribution in [0.3, 0.4) is 0 Å². The van der Waals surface area contributed by atoms with Crippen molar-refractivity contribution in [2.75, 3.05) is 39.3 Å². The number of hydrogen-bond acceptors (Lipinski definition) is 4. The van der Waals surface area contributed by atoms with Crippen LogP contribution in [0.4, 0.5) is 4.39 Å². The number of nitriles is 1. The molecule has 1 atom stereocenters. The van der Waals surface area contributed by atoms with Crippen LogP contribution in [0.1, 0.15) is 18.5 Å². The maximum atomic E-state index is 14.1. The Morgan fingerprint density at radius 1 is 1.43 bits per heavy atom. The van der Waals surface area contributed by atoms with Crippen LogP contribution < -0.4 is 5.32 Å². The van der Waals surface area contributed by atoms with Gasteiger partial charge in [0.15, 0.2) is 0 Å². The molecule has 1 aliphatic rings. The summed E-state index contributed by atoms with van der Waals surface area (Å²) < 4.78 is 14.1. The molecule has 1 amide bonds. The van der Waals surface area contributed by atoms with Gasteiger partial charge in [-0.25, -0.2) is 4.39 Å². The van der Waals surface area contributed by atoms with Gasteiger partial charge in [0, 0.05) is 43.3 Å². The fraction of sp³-hybridized carbons (Fsp3) is 0.500. The lowest BCUT2D eigenvalue weighted by Gasteiger charge is -2.36.